The molecule has 2 aromatic rings. The molecule has 28 heavy (non-hydrogen) atoms. The molecule has 0 radical (unpaired) electrons. The summed E-state index contributed by atoms with van der Waals surface area (Å²) in [5.41, 5.74) is 1.74. The van der Waals surface area contributed by atoms with Crippen LogP contribution >= 0.6 is 24.0 Å². The number of carbonyl (C=O) groups excluding carboxylic acids is 1. The SMILES string of the molecule is CCNC(=NCCNC(=O)c1cccc(C)c1)NCCn1cnnc1CC.I. The minimum absolute atomic E-state index is 0. The lowest BCUT2D eigenvalue weighted by atomic mass is 10.1. The van der Waals surface area contributed by atoms with E-state index in [9.17, 15) is 4.79 Å². The van der Waals surface area contributed by atoms with Gasteiger partial charge < -0.3 is 20.5 Å². The van der Waals surface area contributed by atoms with Gasteiger partial charge in [0.15, 0.2) is 5.96 Å². The predicted molar refractivity (Wildman–Crippen MR) is 122 cm³/mol. The average molecular weight is 499 g/mol. The summed E-state index contributed by atoms with van der Waals surface area (Å²) < 4.78 is 2.03. The summed E-state index contributed by atoms with van der Waals surface area (Å²) in [4.78, 5) is 16.6. The van der Waals surface area contributed by atoms with E-state index < -0.39 is 0 Å². The number of aromatic nitrogens is 3. The standard InChI is InChI=1S/C19H29N7O.HI/c1-4-17-25-24-14-26(17)12-11-23-19(20-5-2)22-10-9-21-18(27)16-8-6-7-15(3)13-16;/h6-8,13-14H,4-5,9-12H2,1-3H3,(H,21,27)(H2,20,22,23);1H. The van der Waals surface area contributed by atoms with Gasteiger partial charge in [-0.05, 0) is 26.0 Å². The Morgan fingerprint density at radius 3 is 2.71 bits per heavy atom. The van der Waals surface area contributed by atoms with Gasteiger partial charge in [0.2, 0.25) is 0 Å². The van der Waals surface area contributed by atoms with E-state index in [1.54, 1.807) is 6.33 Å². The summed E-state index contributed by atoms with van der Waals surface area (Å²) in [6.07, 6.45) is 2.60. The molecule has 0 fully saturated rings. The summed E-state index contributed by atoms with van der Waals surface area (Å²) in [5, 5.41) is 17.4. The van der Waals surface area contributed by atoms with Gasteiger partial charge in [-0.2, -0.15) is 0 Å². The second-order valence-corrected chi connectivity index (χ2v) is 6.11. The third kappa shape index (κ3) is 7.83. The number of nitrogens with zero attached hydrogens (tertiary/aromatic N) is 4. The lowest BCUT2D eigenvalue weighted by molar-refractivity contribution is 0.0954. The van der Waals surface area contributed by atoms with Gasteiger partial charge in [-0.15, -0.1) is 34.2 Å². The molecule has 1 amide bonds. The predicted octanol–water partition coefficient (Wildman–Crippen LogP) is 1.75. The second kappa shape index (κ2) is 13.1. The van der Waals surface area contributed by atoms with Crippen molar-refractivity contribution < 1.29 is 4.79 Å². The van der Waals surface area contributed by atoms with E-state index in [2.05, 4.69) is 38.1 Å². The lowest BCUT2D eigenvalue weighted by Gasteiger charge is -2.12. The molecule has 0 unspecified atom stereocenters. The van der Waals surface area contributed by atoms with Crippen LogP contribution in [0.4, 0.5) is 0 Å². The van der Waals surface area contributed by atoms with Crippen LogP contribution < -0.4 is 16.0 Å². The van der Waals surface area contributed by atoms with E-state index in [1.165, 1.54) is 0 Å². The molecule has 8 nitrogen and oxygen atoms in total. The van der Waals surface area contributed by atoms with Crippen LogP contribution in [0.25, 0.3) is 0 Å². The highest BCUT2D eigenvalue weighted by Crippen LogP contribution is 2.03. The van der Waals surface area contributed by atoms with Gasteiger partial charge in [-0.1, -0.05) is 24.6 Å². The first-order valence-corrected chi connectivity index (χ1v) is 9.37. The summed E-state index contributed by atoms with van der Waals surface area (Å²) >= 11 is 0. The van der Waals surface area contributed by atoms with E-state index in [0.29, 0.717) is 25.2 Å². The monoisotopic (exact) mass is 499 g/mol. The zero-order chi connectivity index (χ0) is 19.5. The third-order valence-corrected chi connectivity index (χ3v) is 3.95. The maximum Gasteiger partial charge on any atom is 0.251 e. The van der Waals surface area contributed by atoms with Gasteiger partial charge in [-0.25, -0.2) is 0 Å². The van der Waals surface area contributed by atoms with Crippen LogP contribution in [0, 0.1) is 6.92 Å². The van der Waals surface area contributed by atoms with Crippen molar-refractivity contribution in [2.45, 2.75) is 33.7 Å². The largest absolute Gasteiger partial charge is 0.357 e. The molecule has 0 aliphatic carbocycles. The van der Waals surface area contributed by atoms with Crippen molar-refractivity contribution in [3.05, 3.63) is 47.5 Å². The van der Waals surface area contributed by atoms with Crippen LogP contribution in [-0.4, -0.2) is 52.8 Å². The Labute approximate surface area is 183 Å². The number of benzene rings is 1. The first-order chi connectivity index (χ1) is 13.1. The maximum absolute atomic E-state index is 12.1. The number of carbonyl (C=O) groups is 1. The van der Waals surface area contributed by atoms with E-state index in [4.69, 9.17) is 0 Å². The molecule has 3 N–H and O–H groups in total. The number of aliphatic imine (C=N–C) groups is 1. The van der Waals surface area contributed by atoms with Crippen molar-refractivity contribution >= 4 is 35.8 Å². The van der Waals surface area contributed by atoms with Crippen molar-refractivity contribution in [2.75, 3.05) is 26.2 Å². The molecular formula is C19H30IN7O. The lowest BCUT2D eigenvalue weighted by Crippen LogP contribution is -2.39. The molecule has 154 valence electrons. The molecule has 0 atom stereocenters. The summed E-state index contributed by atoms with van der Waals surface area (Å²) in [5.74, 6) is 1.62. The zero-order valence-electron chi connectivity index (χ0n) is 16.7. The van der Waals surface area contributed by atoms with Crippen LogP contribution in [0.1, 0.15) is 35.6 Å². The van der Waals surface area contributed by atoms with Gasteiger partial charge in [0.05, 0.1) is 6.54 Å². The number of halogens is 1. The highest BCUT2D eigenvalue weighted by Gasteiger charge is 2.05. The molecule has 1 aromatic carbocycles. The zero-order valence-corrected chi connectivity index (χ0v) is 19.1. The molecule has 0 spiro atoms. The highest BCUT2D eigenvalue weighted by molar-refractivity contribution is 14.0. The van der Waals surface area contributed by atoms with Crippen molar-refractivity contribution in [1.82, 2.24) is 30.7 Å². The fourth-order valence-corrected chi connectivity index (χ4v) is 2.60. The number of hydrogen-bond donors (Lipinski definition) is 3. The second-order valence-electron chi connectivity index (χ2n) is 6.11. The Kier molecular flexibility index (Phi) is 11.2. The fourth-order valence-electron chi connectivity index (χ4n) is 2.60. The molecule has 0 saturated carbocycles. The Balaban J connectivity index is 0.00000392. The number of aryl methyl sites for hydroxylation is 2. The van der Waals surface area contributed by atoms with Crippen molar-refractivity contribution in [2.24, 2.45) is 4.99 Å². The fraction of sp³-hybridized carbons (Fsp3) is 0.474. The van der Waals surface area contributed by atoms with Gasteiger partial charge in [0.1, 0.15) is 12.2 Å². The van der Waals surface area contributed by atoms with Crippen LogP contribution in [0.5, 0.6) is 0 Å². The summed E-state index contributed by atoms with van der Waals surface area (Å²) in [6.45, 7) is 9.29. The van der Waals surface area contributed by atoms with Crippen LogP contribution in [0.15, 0.2) is 35.6 Å². The molecule has 9 heteroatoms. The Morgan fingerprint density at radius 1 is 1.18 bits per heavy atom. The molecule has 0 saturated heterocycles. The Bertz CT molecular complexity index is 760. The molecule has 1 aromatic heterocycles. The minimum Gasteiger partial charge on any atom is -0.357 e. The normalized spacial score (nSPS) is 10.9. The Morgan fingerprint density at radius 2 is 2.00 bits per heavy atom. The van der Waals surface area contributed by atoms with Gasteiger partial charge in [-0.3, -0.25) is 9.79 Å². The van der Waals surface area contributed by atoms with E-state index in [1.807, 2.05) is 42.7 Å². The molecule has 0 aliphatic rings. The summed E-state index contributed by atoms with van der Waals surface area (Å²) in [6, 6.07) is 7.54. The first kappa shape index (κ1) is 23.9. The van der Waals surface area contributed by atoms with Crippen LogP contribution in [0.2, 0.25) is 0 Å². The highest BCUT2D eigenvalue weighted by atomic mass is 127. The van der Waals surface area contributed by atoms with Gasteiger partial charge >= 0.3 is 0 Å². The number of guanidine groups is 1. The average Bonchev–Trinajstić information content (AvgIpc) is 3.12. The third-order valence-electron chi connectivity index (χ3n) is 3.95. The van der Waals surface area contributed by atoms with E-state index in [-0.39, 0.29) is 29.9 Å². The number of hydrogen-bond acceptors (Lipinski definition) is 4. The molecular weight excluding hydrogens is 469 g/mol. The Hall–Kier alpha value is -2.17. The van der Waals surface area contributed by atoms with E-state index in [0.717, 1.165) is 36.9 Å². The maximum atomic E-state index is 12.1. The number of nitrogens with one attached hydrogen (secondary N) is 3. The molecule has 0 bridgehead atoms. The molecule has 1 heterocycles. The van der Waals surface area contributed by atoms with Crippen LogP contribution in [-0.2, 0) is 13.0 Å². The van der Waals surface area contributed by atoms with Crippen molar-refractivity contribution in [3.8, 4) is 0 Å². The van der Waals surface area contributed by atoms with Crippen molar-refractivity contribution in [1.29, 1.82) is 0 Å². The minimum atomic E-state index is -0.0773. The topological polar surface area (TPSA) is 96.2 Å². The van der Waals surface area contributed by atoms with Crippen molar-refractivity contribution in [3.63, 3.8) is 0 Å². The van der Waals surface area contributed by atoms with Crippen LogP contribution in [0.3, 0.4) is 0 Å². The van der Waals surface area contributed by atoms with E-state index >= 15 is 0 Å². The molecule has 0 aliphatic heterocycles. The first-order valence-electron chi connectivity index (χ1n) is 9.37. The quantitative estimate of drug-likeness (QED) is 0.212. The smallest absolute Gasteiger partial charge is 0.251 e. The van der Waals surface area contributed by atoms with Gasteiger partial charge in [0.25, 0.3) is 5.91 Å². The van der Waals surface area contributed by atoms with Gasteiger partial charge in [0, 0.05) is 38.2 Å². The number of amides is 1. The molecule has 2 rings (SSSR count). The summed E-state index contributed by atoms with van der Waals surface area (Å²) in [7, 11) is 0. The number of rotatable bonds is 9.